The van der Waals surface area contributed by atoms with Gasteiger partial charge in [0.15, 0.2) is 5.82 Å². The Morgan fingerprint density at radius 2 is 2.11 bits per heavy atom. The second kappa shape index (κ2) is 4.63. The number of nitrogens with zero attached hydrogens (tertiary/aromatic N) is 3. The molecule has 1 N–H and O–H groups in total. The van der Waals surface area contributed by atoms with E-state index in [0.717, 1.165) is 12.3 Å². The van der Waals surface area contributed by atoms with E-state index in [4.69, 9.17) is 4.52 Å². The van der Waals surface area contributed by atoms with E-state index in [-0.39, 0.29) is 6.54 Å². The first-order chi connectivity index (χ1) is 8.45. The third kappa shape index (κ3) is 2.96. The summed E-state index contributed by atoms with van der Waals surface area (Å²) in [5.74, 6) is 1.15. The van der Waals surface area contributed by atoms with Crippen LogP contribution in [0.3, 0.4) is 0 Å². The monoisotopic (exact) mass is 258 g/mol. The van der Waals surface area contributed by atoms with E-state index in [1.807, 2.05) is 0 Å². The first kappa shape index (κ1) is 12.3. The van der Waals surface area contributed by atoms with Gasteiger partial charge in [0.2, 0.25) is 5.89 Å². The van der Waals surface area contributed by atoms with Gasteiger partial charge in [0.05, 0.1) is 12.1 Å². The van der Waals surface area contributed by atoms with Gasteiger partial charge in [-0.1, -0.05) is 5.16 Å². The molecule has 0 amide bonds. The van der Waals surface area contributed by atoms with E-state index >= 15 is 0 Å². The number of aromatic nitrogens is 3. The molecule has 18 heavy (non-hydrogen) atoms. The molecule has 0 radical (unpaired) electrons. The maximum absolute atomic E-state index is 12.3. The van der Waals surface area contributed by atoms with Crippen LogP contribution in [0.1, 0.15) is 17.3 Å². The van der Waals surface area contributed by atoms with Crippen molar-refractivity contribution in [1.29, 1.82) is 0 Å². The zero-order chi connectivity index (χ0) is 13.2. The standard InChI is InChI=1S/C10H9F3N4O/c1-6-16-9(17-18-6)5-15-8-3-2-7(4-14-8)10(11,12)13/h2-4H,5H2,1H3,(H,14,15). The highest BCUT2D eigenvalue weighted by atomic mass is 19.4. The van der Waals surface area contributed by atoms with Crippen molar-refractivity contribution in [1.82, 2.24) is 15.1 Å². The minimum absolute atomic E-state index is 0.232. The van der Waals surface area contributed by atoms with Crippen LogP contribution in [0.25, 0.3) is 0 Å². The highest BCUT2D eigenvalue weighted by molar-refractivity contribution is 5.36. The van der Waals surface area contributed by atoms with E-state index < -0.39 is 11.7 Å². The van der Waals surface area contributed by atoms with Crippen LogP contribution in [0.5, 0.6) is 0 Å². The molecule has 0 fully saturated rings. The van der Waals surface area contributed by atoms with Crippen LogP contribution in [0, 0.1) is 6.92 Å². The fraction of sp³-hybridized carbons (Fsp3) is 0.300. The molecular formula is C10H9F3N4O. The lowest BCUT2D eigenvalue weighted by atomic mass is 10.3. The molecule has 0 aromatic carbocycles. The van der Waals surface area contributed by atoms with Gasteiger partial charge in [-0.2, -0.15) is 18.2 Å². The highest BCUT2D eigenvalue weighted by Crippen LogP contribution is 2.28. The number of rotatable bonds is 3. The molecule has 0 saturated heterocycles. The lowest BCUT2D eigenvalue weighted by molar-refractivity contribution is -0.137. The van der Waals surface area contributed by atoms with E-state index in [2.05, 4.69) is 20.4 Å². The number of halogens is 3. The van der Waals surface area contributed by atoms with Crippen molar-refractivity contribution in [3.63, 3.8) is 0 Å². The molecule has 2 aromatic rings. The number of anilines is 1. The van der Waals surface area contributed by atoms with Crippen LogP contribution >= 0.6 is 0 Å². The predicted octanol–water partition coefficient (Wildman–Crippen LogP) is 2.40. The average Bonchev–Trinajstić information content (AvgIpc) is 2.72. The SMILES string of the molecule is Cc1nc(CNc2ccc(C(F)(F)F)cn2)no1. The molecule has 0 atom stereocenters. The Hall–Kier alpha value is -2.12. The van der Waals surface area contributed by atoms with Crippen LogP contribution in [0.2, 0.25) is 0 Å². The molecule has 0 aliphatic rings. The number of hydrogen-bond donors (Lipinski definition) is 1. The largest absolute Gasteiger partial charge is 0.417 e. The Morgan fingerprint density at radius 3 is 2.61 bits per heavy atom. The Morgan fingerprint density at radius 1 is 1.33 bits per heavy atom. The number of alkyl halides is 3. The zero-order valence-electron chi connectivity index (χ0n) is 9.32. The second-order valence-corrected chi connectivity index (χ2v) is 3.51. The van der Waals surface area contributed by atoms with Crippen LogP contribution < -0.4 is 5.32 Å². The minimum Gasteiger partial charge on any atom is -0.363 e. The normalized spacial score (nSPS) is 11.6. The van der Waals surface area contributed by atoms with Gasteiger partial charge in [-0.15, -0.1) is 0 Å². The summed E-state index contributed by atoms with van der Waals surface area (Å²) in [6, 6.07) is 2.20. The van der Waals surface area contributed by atoms with Gasteiger partial charge in [-0.3, -0.25) is 0 Å². The quantitative estimate of drug-likeness (QED) is 0.915. The van der Waals surface area contributed by atoms with E-state index in [1.54, 1.807) is 6.92 Å². The van der Waals surface area contributed by atoms with Crippen molar-refractivity contribution in [3.8, 4) is 0 Å². The lowest BCUT2D eigenvalue weighted by Crippen LogP contribution is -2.07. The Bertz CT molecular complexity index is 521. The van der Waals surface area contributed by atoms with Crippen LogP contribution in [0.4, 0.5) is 19.0 Å². The molecule has 5 nitrogen and oxygen atoms in total. The van der Waals surface area contributed by atoms with E-state index in [9.17, 15) is 13.2 Å². The summed E-state index contributed by atoms with van der Waals surface area (Å²) in [7, 11) is 0. The van der Waals surface area contributed by atoms with E-state index in [1.165, 1.54) is 6.07 Å². The number of nitrogens with one attached hydrogen (secondary N) is 1. The van der Waals surface area contributed by atoms with Gasteiger partial charge < -0.3 is 9.84 Å². The van der Waals surface area contributed by atoms with Crippen LogP contribution in [0.15, 0.2) is 22.9 Å². The van der Waals surface area contributed by atoms with Crippen molar-refractivity contribution in [2.45, 2.75) is 19.6 Å². The first-order valence-electron chi connectivity index (χ1n) is 5.01. The summed E-state index contributed by atoms with van der Waals surface area (Å²) in [5.41, 5.74) is -0.788. The number of aryl methyl sites for hydroxylation is 1. The van der Waals surface area contributed by atoms with Crippen molar-refractivity contribution in [3.05, 3.63) is 35.6 Å². The summed E-state index contributed by atoms with van der Waals surface area (Å²) < 4.78 is 41.6. The molecule has 0 aliphatic heterocycles. The summed E-state index contributed by atoms with van der Waals surface area (Å²) in [6.45, 7) is 1.88. The average molecular weight is 258 g/mol. The zero-order valence-corrected chi connectivity index (χ0v) is 9.32. The third-order valence-electron chi connectivity index (χ3n) is 2.09. The smallest absolute Gasteiger partial charge is 0.363 e. The minimum atomic E-state index is -4.38. The van der Waals surface area contributed by atoms with Gasteiger partial charge in [-0.05, 0) is 12.1 Å². The third-order valence-corrected chi connectivity index (χ3v) is 2.09. The van der Waals surface area contributed by atoms with E-state index in [0.29, 0.717) is 17.5 Å². The van der Waals surface area contributed by atoms with Gasteiger partial charge in [0.25, 0.3) is 0 Å². The predicted molar refractivity (Wildman–Crippen MR) is 55.6 cm³/mol. The molecule has 0 saturated carbocycles. The molecule has 2 rings (SSSR count). The molecule has 0 unspecified atom stereocenters. The van der Waals surface area contributed by atoms with Crippen molar-refractivity contribution >= 4 is 5.82 Å². The second-order valence-electron chi connectivity index (χ2n) is 3.51. The lowest BCUT2D eigenvalue weighted by Gasteiger charge is -2.07. The molecule has 96 valence electrons. The van der Waals surface area contributed by atoms with Gasteiger partial charge >= 0.3 is 6.18 Å². The number of hydrogen-bond acceptors (Lipinski definition) is 5. The van der Waals surface area contributed by atoms with Gasteiger partial charge in [0.1, 0.15) is 5.82 Å². The summed E-state index contributed by atoms with van der Waals surface area (Å²) in [5, 5.41) is 6.42. The van der Waals surface area contributed by atoms with Gasteiger partial charge in [-0.25, -0.2) is 4.98 Å². The Kier molecular flexibility index (Phi) is 3.17. The van der Waals surface area contributed by atoms with Crippen molar-refractivity contribution in [2.75, 3.05) is 5.32 Å². The van der Waals surface area contributed by atoms with Crippen LogP contribution in [-0.4, -0.2) is 15.1 Å². The first-order valence-corrected chi connectivity index (χ1v) is 5.01. The summed E-state index contributed by atoms with van der Waals surface area (Å²) in [4.78, 5) is 7.58. The fourth-order valence-electron chi connectivity index (χ4n) is 1.25. The van der Waals surface area contributed by atoms with Gasteiger partial charge in [0, 0.05) is 13.1 Å². The van der Waals surface area contributed by atoms with Crippen molar-refractivity contribution < 1.29 is 17.7 Å². The topological polar surface area (TPSA) is 63.8 Å². The highest BCUT2D eigenvalue weighted by Gasteiger charge is 2.30. The Balaban J connectivity index is 1.98. The molecule has 2 aromatic heterocycles. The molecule has 8 heteroatoms. The molecule has 0 spiro atoms. The summed E-state index contributed by atoms with van der Waals surface area (Å²) in [6.07, 6.45) is -3.61. The fourth-order valence-corrected chi connectivity index (χ4v) is 1.25. The molecule has 2 heterocycles. The Labute approximate surface area is 100 Å². The van der Waals surface area contributed by atoms with Crippen molar-refractivity contribution in [2.24, 2.45) is 0 Å². The maximum Gasteiger partial charge on any atom is 0.417 e. The summed E-state index contributed by atoms with van der Waals surface area (Å²) >= 11 is 0. The molecule has 0 bridgehead atoms. The maximum atomic E-state index is 12.3. The molecule has 0 aliphatic carbocycles. The number of pyridine rings is 1. The molecular weight excluding hydrogens is 249 g/mol. The van der Waals surface area contributed by atoms with Crippen LogP contribution in [-0.2, 0) is 12.7 Å².